The van der Waals surface area contributed by atoms with Crippen LogP contribution in [-0.4, -0.2) is 41.2 Å². The van der Waals surface area contributed by atoms with Gasteiger partial charge < -0.3 is 15.4 Å². The first kappa shape index (κ1) is 12.5. The van der Waals surface area contributed by atoms with Gasteiger partial charge in [0.2, 0.25) is 11.8 Å². The number of rotatable bonds is 2. The van der Waals surface area contributed by atoms with Crippen LogP contribution in [0.2, 0.25) is 0 Å². The van der Waals surface area contributed by atoms with Crippen LogP contribution in [-0.2, 0) is 4.74 Å². The standard InChI is InChI=1S/C10H15N5O3/c1-7-8(15(16)17)9(13-10(11)12-7)14-3-2-5-18-6-4-14/h2-6H2,1H3,(H2,11,12,13). The number of aryl methyl sites for hydroxylation is 1. The number of nitrogens with two attached hydrogens (primary N) is 1. The molecule has 1 aromatic rings. The average Bonchev–Trinajstić information content (AvgIpc) is 2.55. The van der Waals surface area contributed by atoms with Gasteiger partial charge in [-0.05, 0) is 13.3 Å². The van der Waals surface area contributed by atoms with E-state index in [1.54, 1.807) is 6.92 Å². The molecule has 18 heavy (non-hydrogen) atoms. The third kappa shape index (κ3) is 2.48. The van der Waals surface area contributed by atoms with Crippen molar-refractivity contribution >= 4 is 17.5 Å². The monoisotopic (exact) mass is 253 g/mol. The number of ether oxygens (including phenoxy) is 1. The van der Waals surface area contributed by atoms with Crippen LogP contribution in [0.15, 0.2) is 0 Å². The maximum atomic E-state index is 11.1. The molecule has 0 aliphatic carbocycles. The molecule has 1 fully saturated rings. The number of nitrogen functional groups attached to an aromatic ring is 1. The molecular formula is C10H15N5O3. The molecule has 0 amide bonds. The molecule has 2 heterocycles. The van der Waals surface area contributed by atoms with Crippen molar-refractivity contribution in [2.75, 3.05) is 36.9 Å². The van der Waals surface area contributed by atoms with Gasteiger partial charge in [0.05, 0.1) is 11.5 Å². The summed E-state index contributed by atoms with van der Waals surface area (Å²) in [5.74, 6) is 0.341. The molecule has 0 radical (unpaired) electrons. The summed E-state index contributed by atoms with van der Waals surface area (Å²) < 4.78 is 5.32. The second kappa shape index (κ2) is 5.13. The van der Waals surface area contributed by atoms with E-state index in [0.29, 0.717) is 26.3 Å². The Morgan fingerprint density at radius 3 is 2.89 bits per heavy atom. The summed E-state index contributed by atoms with van der Waals surface area (Å²) in [6.07, 6.45) is 0.806. The molecule has 1 aromatic heterocycles. The summed E-state index contributed by atoms with van der Waals surface area (Å²) >= 11 is 0. The zero-order valence-electron chi connectivity index (χ0n) is 10.1. The average molecular weight is 253 g/mol. The quantitative estimate of drug-likeness (QED) is 0.604. The van der Waals surface area contributed by atoms with Gasteiger partial charge in [-0.15, -0.1) is 0 Å². The Hall–Kier alpha value is -1.96. The highest BCUT2D eigenvalue weighted by Gasteiger charge is 2.26. The first-order chi connectivity index (χ1) is 8.59. The lowest BCUT2D eigenvalue weighted by atomic mass is 10.3. The van der Waals surface area contributed by atoms with Crippen LogP contribution < -0.4 is 10.6 Å². The van der Waals surface area contributed by atoms with Crippen molar-refractivity contribution in [2.45, 2.75) is 13.3 Å². The zero-order valence-corrected chi connectivity index (χ0v) is 10.1. The Labute approximate surface area is 104 Å². The molecule has 0 spiro atoms. The van der Waals surface area contributed by atoms with Crippen molar-refractivity contribution in [1.29, 1.82) is 0 Å². The number of nitrogens with zero attached hydrogens (tertiary/aromatic N) is 4. The van der Waals surface area contributed by atoms with Gasteiger partial charge in [0.15, 0.2) is 0 Å². The van der Waals surface area contributed by atoms with Crippen LogP contribution in [0.3, 0.4) is 0 Å². The minimum atomic E-state index is -0.462. The van der Waals surface area contributed by atoms with Gasteiger partial charge in [0.1, 0.15) is 5.69 Å². The highest BCUT2D eigenvalue weighted by molar-refractivity contribution is 5.62. The van der Waals surface area contributed by atoms with Crippen LogP contribution in [0.25, 0.3) is 0 Å². The van der Waals surface area contributed by atoms with E-state index in [2.05, 4.69) is 9.97 Å². The lowest BCUT2D eigenvalue weighted by Gasteiger charge is -2.20. The number of aromatic nitrogens is 2. The Morgan fingerprint density at radius 2 is 2.17 bits per heavy atom. The fourth-order valence-corrected chi connectivity index (χ4v) is 1.97. The van der Waals surface area contributed by atoms with Gasteiger partial charge in [-0.2, -0.15) is 4.98 Å². The van der Waals surface area contributed by atoms with Crippen LogP contribution >= 0.6 is 0 Å². The van der Waals surface area contributed by atoms with Gasteiger partial charge in [0, 0.05) is 19.7 Å². The minimum absolute atomic E-state index is 0.0539. The first-order valence-electron chi connectivity index (χ1n) is 5.71. The lowest BCUT2D eigenvalue weighted by molar-refractivity contribution is -0.385. The van der Waals surface area contributed by atoms with E-state index >= 15 is 0 Å². The van der Waals surface area contributed by atoms with Crippen molar-refractivity contribution in [2.24, 2.45) is 0 Å². The second-order valence-electron chi connectivity index (χ2n) is 4.05. The van der Waals surface area contributed by atoms with Crippen molar-refractivity contribution in [3.8, 4) is 0 Å². The fourth-order valence-electron chi connectivity index (χ4n) is 1.97. The summed E-state index contributed by atoms with van der Waals surface area (Å²) in [7, 11) is 0. The van der Waals surface area contributed by atoms with Crippen molar-refractivity contribution in [3.63, 3.8) is 0 Å². The highest BCUT2D eigenvalue weighted by atomic mass is 16.6. The molecule has 2 rings (SSSR count). The summed E-state index contributed by atoms with van der Waals surface area (Å²) in [6, 6.07) is 0. The Balaban J connectivity index is 2.43. The van der Waals surface area contributed by atoms with Gasteiger partial charge in [-0.3, -0.25) is 10.1 Å². The highest BCUT2D eigenvalue weighted by Crippen LogP contribution is 2.29. The normalized spacial score (nSPS) is 16.4. The number of hydrogen-bond acceptors (Lipinski definition) is 7. The predicted octanol–water partition coefficient (Wildman–Crippen LogP) is 0.502. The van der Waals surface area contributed by atoms with E-state index < -0.39 is 4.92 Å². The SMILES string of the molecule is Cc1nc(N)nc(N2CCCOCC2)c1[N+](=O)[O-]. The van der Waals surface area contributed by atoms with E-state index in [1.807, 2.05) is 4.90 Å². The maximum Gasteiger partial charge on any atom is 0.332 e. The summed E-state index contributed by atoms with van der Waals surface area (Å²) in [4.78, 5) is 20.3. The third-order valence-electron chi connectivity index (χ3n) is 2.76. The molecular weight excluding hydrogens is 238 g/mol. The van der Waals surface area contributed by atoms with E-state index in [0.717, 1.165) is 6.42 Å². The third-order valence-corrected chi connectivity index (χ3v) is 2.76. The topological polar surface area (TPSA) is 107 Å². The number of hydrogen-bond donors (Lipinski definition) is 1. The molecule has 2 N–H and O–H groups in total. The van der Waals surface area contributed by atoms with Crippen LogP contribution in [0.1, 0.15) is 12.1 Å². The fraction of sp³-hybridized carbons (Fsp3) is 0.600. The Morgan fingerprint density at radius 1 is 1.39 bits per heavy atom. The molecule has 0 saturated carbocycles. The molecule has 0 aromatic carbocycles. The molecule has 98 valence electrons. The van der Waals surface area contributed by atoms with E-state index in [4.69, 9.17) is 10.5 Å². The molecule has 1 aliphatic heterocycles. The van der Waals surface area contributed by atoms with Gasteiger partial charge >= 0.3 is 5.69 Å². The van der Waals surface area contributed by atoms with E-state index in [1.165, 1.54) is 0 Å². The summed E-state index contributed by atoms with van der Waals surface area (Å²) in [6.45, 7) is 3.98. The maximum absolute atomic E-state index is 11.1. The van der Waals surface area contributed by atoms with E-state index in [-0.39, 0.29) is 23.1 Å². The largest absolute Gasteiger partial charge is 0.380 e. The summed E-state index contributed by atoms with van der Waals surface area (Å²) in [5, 5.41) is 11.1. The minimum Gasteiger partial charge on any atom is -0.380 e. The molecule has 8 heteroatoms. The zero-order chi connectivity index (χ0) is 13.1. The molecule has 0 atom stereocenters. The molecule has 8 nitrogen and oxygen atoms in total. The van der Waals surface area contributed by atoms with Crippen molar-refractivity contribution in [3.05, 3.63) is 15.8 Å². The van der Waals surface area contributed by atoms with Crippen molar-refractivity contribution < 1.29 is 9.66 Å². The van der Waals surface area contributed by atoms with Gasteiger partial charge in [-0.25, -0.2) is 4.98 Å². The van der Waals surface area contributed by atoms with E-state index in [9.17, 15) is 10.1 Å². The molecule has 1 saturated heterocycles. The Bertz CT molecular complexity index is 457. The van der Waals surface area contributed by atoms with Gasteiger partial charge in [-0.1, -0.05) is 0 Å². The van der Waals surface area contributed by atoms with Crippen LogP contribution in [0.4, 0.5) is 17.5 Å². The smallest absolute Gasteiger partial charge is 0.332 e. The first-order valence-corrected chi connectivity index (χ1v) is 5.71. The van der Waals surface area contributed by atoms with Crippen LogP contribution in [0.5, 0.6) is 0 Å². The second-order valence-corrected chi connectivity index (χ2v) is 4.05. The Kier molecular flexibility index (Phi) is 3.56. The van der Waals surface area contributed by atoms with Crippen molar-refractivity contribution in [1.82, 2.24) is 9.97 Å². The summed E-state index contributed by atoms with van der Waals surface area (Å²) in [5.41, 5.74) is 5.78. The van der Waals surface area contributed by atoms with Gasteiger partial charge in [0.25, 0.3) is 0 Å². The lowest BCUT2D eigenvalue weighted by Crippen LogP contribution is -2.28. The molecule has 0 unspecified atom stereocenters. The predicted molar refractivity (Wildman–Crippen MR) is 65.5 cm³/mol. The number of anilines is 2. The molecule has 0 bridgehead atoms. The van der Waals surface area contributed by atoms with Crippen LogP contribution in [0, 0.1) is 17.0 Å². The molecule has 1 aliphatic rings. The number of nitro groups is 1.